The molecule has 0 atom stereocenters. The zero-order chi connectivity index (χ0) is 9.14. The molecule has 12 heavy (non-hydrogen) atoms. The second kappa shape index (κ2) is 2.86. The van der Waals surface area contributed by atoms with Crippen molar-refractivity contribution < 1.29 is 5.03 Å². The van der Waals surface area contributed by atoms with E-state index in [0.717, 1.165) is 6.07 Å². The van der Waals surface area contributed by atoms with Crippen LogP contribution >= 0.6 is 0 Å². The Balaban J connectivity index is 3.09. The van der Waals surface area contributed by atoms with Crippen LogP contribution in [0.5, 0.6) is 0 Å². The Morgan fingerprint density at radius 2 is 2.08 bits per heavy atom. The van der Waals surface area contributed by atoms with Crippen molar-refractivity contribution in [1.29, 1.82) is 0 Å². The van der Waals surface area contributed by atoms with E-state index in [9.17, 15) is 19.7 Å². The summed E-state index contributed by atoms with van der Waals surface area (Å²) in [4.78, 5) is 34.8. The van der Waals surface area contributed by atoms with Crippen molar-refractivity contribution in [1.82, 2.24) is 9.97 Å². The molecule has 0 bridgehead atoms. The van der Waals surface area contributed by atoms with E-state index >= 15 is 0 Å². The molecule has 8 nitrogen and oxygen atoms in total. The van der Waals surface area contributed by atoms with Gasteiger partial charge in [-0.15, -0.1) is 0 Å². The largest absolute Gasteiger partial charge is 0.327 e. The molecule has 0 unspecified atom stereocenters. The molecule has 0 spiro atoms. The number of aromatic nitrogens is 2. The smallest absolute Gasteiger partial charge is 0.289 e. The van der Waals surface area contributed by atoms with E-state index in [0.29, 0.717) is 0 Å². The summed E-state index contributed by atoms with van der Waals surface area (Å²) in [7, 11) is 0. The Hall–Kier alpha value is -2.12. The van der Waals surface area contributed by atoms with Gasteiger partial charge in [0.25, 0.3) is 5.56 Å². The van der Waals surface area contributed by atoms with Crippen LogP contribution in [0.3, 0.4) is 0 Å². The minimum atomic E-state index is -0.884. The lowest BCUT2D eigenvalue weighted by molar-refractivity contribution is -0.445. The van der Waals surface area contributed by atoms with Crippen molar-refractivity contribution in [3.63, 3.8) is 0 Å². The molecule has 0 radical (unpaired) electrons. The number of rotatable bonds is 2. The first-order chi connectivity index (χ1) is 5.58. The minimum Gasteiger partial charge on any atom is -0.289 e. The van der Waals surface area contributed by atoms with Crippen LogP contribution in [0.1, 0.15) is 0 Å². The average molecular weight is 172 g/mol. The van der Waals surface area contributed by atoms with Crippen molar-refractivity contribution in [2.24, 2.45) is 0 Å². The molecule has 1 rings (SSSR count). The van der Waals surface area contributed by atoms with Gasteiger partial charge in [0.05, 0.1) is 0 Å². The number of hydrazine groups is 1. The van der Waals surface area contributed by atoms with Gasteiger partial charge in [0.2, 0.25) is 0 Å². The van der Waals surface area contributed by atoms with E-state index in [2.05, 4.69) is 0 Å². The number of nitrogens with one attached hydrogen (secondary N) is 3. The molecule has 1 aromatic heterocycles. The monoisotopic (exact) mass is 172 g/mol. The fraction of sp³-hybridized carbons (Fsp3) is 0. The summed E-state index contributed by atoms with van der Waals surface area (Å²) in [6.45, 7) is 0. The second-order valence-corrected chi connectivity index (χ2v) is 1.87. The molecule has 8 heteroatoms. The van der Waals surface area contributed by atoms with E-state index in [-0.39, 0.29) is 5.82 Å². The van der Waals surface area contributed by atoms with Crippen LogP contribution in [0.25, 0.3) is 0 Å². The van der Waals surface area contributed by atoms with Crippen LogP contribution in [0.15, 0.2) is 15.7 Å². The predicted octanol–water partition coefficient (Wildman–Crippen LogP) is -1.33. The Bertz CT molecular complexity index is 376. The first-order valence-electron chi connectivity index (χ1n) is 2.82. The van der Waals surface area contributed by atoms with Crippen molar-refractivity contribution in [3.8, 4) is 0 Å². The van der Waals surface area contributed by atoms with Gasteiger partial charge >= 0.3 is 5.69 Å². The molecule has 0 saturated carbocycles. The first kappa shape index (κ1) is 7.98. The lowest BCUT2D eigenvalue weighted by Crippen LogP contribution is -2.24. The molecular weight excluding hydrogens is 168 g/mol. The van der Waals surface area contributed by atoms with E-state index in [1.54, 1.807) is 5.43 Å². The topological polar surface area (TPSA) is 121 Å². The highest BCUT2D eigenvalue weighted by Gasteiger charge is 2.00. The molecule has 0 aliphatic carbocycles. The summed E-state index contributed by atoms with van der Waals surface area (Å²) in [5, 5.41) is 8.97. The normalized spacial score (nSPS) is 9.33. The number of hydrogen-bond donors (Lipinski definition) is 3. The van der Waals surface area contributed by atoms with Gasteiger partial charge in [0.1, 0.15) is 0 Å². The van der Waals surface area contributed by atoms with Crippen LogP contribution < -0.4 is 16.7 Å². The maximum Gasteiger partial charge on any atom is 0.327 e. The summed E-state index contributed by atoms with van der Waals surface area (Å²) in [5.74, 6) is -0.256. The number of hydrogen-bond acceptors (Lipinski definition) is 4. The van der Waals surface area contributed by atoms with Gasteiger partial charge in [0, 0.05) is 6.07 Å². The summed E-state index contributed by atoms with van der Waals surface area (Å²) in [6, 6.07) is 0.865. The molecule has 0 aromatic carbocycles. The SMILES string of the molecule is O=c1cc(N[N+](=O)[O-])[nH]c(=O)[nH]1. The van der Waals surface area contributed by atoms with Gasteiger partial charge < -0.3 is 0 Å². The van der Waals surface area contributed by atoms with Crippen molar-refractivity contribution >= 4 is 5.82 Å². The Kier molecular flexibility index (Phi) is 1.90. The number of H-pyrrole nitrogens is 2. The van der Waals surface area contributed by atoms with Crippen LogP contribution in [0.4, 0.5) is 5.82 Å². The maximum atomic E-state index is 10.6. The van der Waals surface area contributed by atoms with Crippen LogP contribution in [0, 0.1) is 10.1 Å². The average Bonchev–Trinajstić information content (AvgIpc) is 1.81. The predicted molar refractivity (Wildman–Crippen MR) is 38.3 cm³/mol. The summed E-state index contributed by atoms with van der Waals surface area (Å²) < 4.78 is 0. The van der Waals surface area contributed by atoms with Crippen molar-refractivity contribution in [2.75, 3.05) is 5.43 Å². The molecule has 0 amide bonds. The Morgan fingerprint density at radius 1 is 1.42 bits per heavy atom. The number of nitro groups is 1. The highest BCUT2D eigenvalue weighted by molar-refractivity contribution is 5.27. The fourth-order valence-electron chi connectivity index (χ4n) is 0.627. The molecule has 0 fully saturated rings. The van der Waals surface area contributed by atoms with Crippen LogP contribution in [0.2, 0.25) is 0 Å². The quantitative estimate of drug-likeness (QED) is 0.376. The van der Waals surface area contributed by atoms with E-state index < -0.39 is 16.3 Å². The van der Waals surface area contributed by atoms with Gasteiger partial charge in [-0.3, -0.25) is 14.8 Å². The number of nitrogens with zero attached hydrogens (tertiary/aromatic N) is 1. The lowest BCUT2D eigenvalue weighted by Gasteiger charge is -1.93. The lowest BCUT2D eigenvalue weighted by atomic mass is 10.6. The molecule has 1 aromatic rings. The zero-order valence-electron chi connectivity index (χ0n) is 5.66. The van der Waals surface area contributed by atoms with Gasteiger partial charge in [-0.25, -0.2) is 14.9 Å². The molecule has 0 aliphatic rings. The fourth-order valence-corrected chi connectivity index (χ4v) is 0.627. The third kappa shape index (κ3) is 1.94. The third-order valence-corrected chi connectivity index (χ3v) is 0.972. The molecule has 1 heterocycles. The number of anilines is 1. The highest BCUT2D eigenvalue weighted by Crippen LogP contribution is 1.90. The van der Waals surface area contributed by atoms with Crippen molar-refractivity contribution in [3.05, 3.63) is 37.0 Å². The molecule has 0 saturated heterocycles. The summed E-state index contributed by atoms with van der Waals surface area (Å²) >= 11 is 0. The summed E-state index contributed by atoms with van der Waals surface area (Å²) in [5.41, 5.74) is 0.128. The van der Waals surface area contributed by atoms with Crippen LogP contribution in [-0.2, 0) is 0 Å². The van der Waals surface area contributed by atoms with Gasteiger partial charge in [0.15, 0.2) is 10.9 Å². The first-order valence-corrected chi connectivity index (χ1v) is 2.82. The van der Waals surface area contributed by atoms with Gasteiger partial charge in [-0.2, -0.15) is 0 Å². The van der Waals surface area contributed by atoms with Gasteiger partial charge in [-0.1, -0.05) is 5.43 Å². The molecule has 3 N–H and O–H groups in total. The Morgan fingerprint density at radius 3 is 2.58 bits per heavy atom. The van der Waals surface area contributed by atoms with E-state index in [4.69, 9.17) is 0 Å². The van der Waals surface area contributed by atoms with Crippen molar-refractivity contribution in [2.45, 2.75) is 0 Å². The highest BCUT2D eigenvalue weighted by atomic mass is 16.7. The molecule has 64 valence electrons. The van der Waals surface area contributed by atoms with E-state index in [1.165, 1.54) is 0 Å². The molecule has 0 aliphatic heterocycles. The second-order valence-electron chi connectivity index (χ2n) is 1.87. The summed E-state index contributed by atoms with van der Waals surface area (Å²) in [6.07, 6.45) is 0. The van der Waals surface area contributed by atoms with E-state index in [1.807, 2.05) is 9.97 Å². The standard InChI is InChI=1S/C4H4N4O4/c9-3-1-2(7-8(11)12)5-4(10)6-3/h1H,(H3,5,6,7,9,10). The number of aromatic amines is 2. The van der Waals surface area contributed by atoms with Crippen LogP contribution in [-0.4, -0.2) is 15.0 Å². The molecular formula is C4H4N4O4. The van der Waals surface area contributed by atoms with Gasteiger partial charge in [-0.05, 0) is 0 Å². The Labute approximate surface area is 64.4 Å². The zero-order valence-corrected chi connectivity index (χ0v) is 5.66. The minimum absolute atomic E-state index is 0.256. The third-order valence-electron chi connectivity index (χ3n) is 0.972. The maximum absolute atomic E-state index is 10.6.